The van der Waals surface area contributed by atoms with Crippen LogP contribution in [-0.2, 0) is 4.74 Å². The number of rotatable bonds is 1. The first-order valence-corrected chi connectivity index (χ1v) is 9.64. The number of aliphatic hydroxyl groups excluding tert-OH is 1. The van der Waals surface area contributed by atoms with Gasteiger partial charge in [0, 0.05) is 12.0 Å². The van der Waals surface area contributed by atoms with Gasteiger partial charge in [0.25, 0.3) is 0 Å². The van der Waals surface area contributed by atoms with Gasteiger partial charge >= 0.3 is 0 Å². The van der Waals surface area contributed by atoms with Gasteiger partial charge in [-0.25, -0.2) is 0 Å². The van der Waals surface area contributed by atoms with Crippen LogP contribution < -0.4 is 0 Å². The number of hydrogen-bond acceptors (Lipinski definition) is 2. The van der Waals surface area contributed by atoms with E-state index in [2.05, 4.69) is 20.8 Å². The second-order valence-electron chi connectivity index (χ2n) is 10.4. The van der Waals surface area contributed by atoms with Crippen molar-refractivity contribution in [1.29, 1.82) is 0 Å². The van der Waals surface area contributed by atoms with E-state index in [-0.39, 0.29) is 5.41 Å². The fraction of sp³-hybridized carbons (Fsp3) is 1.00. The molecular formula is C20H32O2. The molecule has 5 fully saturated rings. The summed E-state index contributed by atoms with van der Waals surface area (Å²) in [6.45, 7) is 7.84. The molecule has 5 aliphatic rings. The summed E-state index contributed by atoms with van der Waals surface area (Å²) in [5.41, 5.74) is 1.59. The molecule has 8 atom stereocenters. The van der Waals surface area contributed by atoms with Crippen LogP contribution >= 0.6 is 0 Å². The van der Waals surface area contributed by atoms with Crippen LogP contribution in [0.4, 0.5) is 0 Å². The summed E-state index contributed by atoms with van der Waals surface area (Å²) in [7, 11) is 0. The van der Waals surface area contributed by atoms with Gasteiger partial charge in [0.05, 0.1) is 12.2 Å². The van der Waals surface area contributed by atoms with Crippen molar-refractivity contribution < 1.29 is 9.84 Å². The first-order chi connectivity index (χ1) is 10.4. The van der Waals surface area contributed by atoms with Crippen LogP contribution in [0.15, 0.2) is 0 Å². The third kappa shape index (κ3) is 1.42. The minimum absolute atomic E-state index is 0.164. The normalized spacial score (nSPS) is 65.5. The smallest absolute Gasteiger partial charge is 0.0906 e. The van der Waals surface area contributed by atoms with Crippen molar-refractivity contribution >= 4 is 0 Å². The molecule has 0 aromatic rings. The minimum atomic E-state index is 0.164. The maximum absolute atomic E-state index is 10.1. The Labute approximate surface area is 135 Å². The van der Waals surface area contributed by atoms with E-state index in [1.165, 1.54) is 51.4 Å². The first-order valence-electron chi connectivity index (χ1n) is 9.64. The summed E-state index contributed by atoms with van der Waals surface area (Å²) >= 11 is 0. The number of epoxide rings is 1. The Hall–Kier alpha value is -0.0800. The van der Waals surface area contributed by atoms with Crippen molar-refractivity contribution in [2.75, 3.05) is 6.61 Å². The van der Waals surface area contributed by atoms with Gasteiger partial charge in [0.1, 0.15) is 0 Å². The highest BCUT2D eigenvalue weighted by molar-refractivity contribution is 5.25. The van der Waals surface area contributed by atoms with Gasteiger partial charge in [-0.1, -0.05) is 27.2 Å². The Morgan fingerprint density at radius 2 is 1.73 bits per heavy atom. The Kier molecular flexibility index (Phi) is 2.56. The number of aliphatic hydroxyl groups is 1. The monoisotopic (exact) mass is 304 g/mol. The second-order valence-corrected chi connectivity index (χ2v) is 10.4. The summed E-state index contributed by atoms with van der Waals surface area (Å²) in [6, 6.07) is 0. The van der Waals surface area contributed by atoms with E-state index in [4.69, 9.17) is 4.74 Å². The number of hydrogen-bond donors (Lipinski definition) is 1. The fourth-order valence-corrected chi connectivity index (χ4v) is 8.45. The predicted octanol–water partition coefficient (Wildman–Crippen LogP) is 4.16. The largest absolute Gasteiger partial charge is 0.396 e. The lowest BCUT2D eigenvalue weighted by molar-refractivity contribution is -0.181. The fourth-order valence-electron chi connectivity index (χ4n) is 8.45. The molecule has 0 aromatic carbocycles. The molecule has 4 saturated carbocycles. The van der Waals surface area contributed by atoms with Gasteiger partial charge in [-0.3, -0.25) is 0 Å². The molecule has 1 spiro atoms. The Bertz CT molecular complexity index is 518. The van der Waals surface area contributed by atoms with E-state index in [0.717, 1.165) is 11.8 Å². The zero-order valence-corrected chi connectivity index (χ0v) is 14.5. The molecular weight excluding hydrogens is 272 g/mol. The molecule has 124 valence electrons. The molecule has 1 aliphatic heterocycles. The number of ether oxygens (including phenoxy) is 1. The molecule has 1 heterocycles. The lowest BCUT2D eigenvalue weighted by Crippen LogP contribution is -2.59. The first kappa shape index (κ1) is 14.3. The average molecular weight is 304 g/mol. The zero-order valence-electron chi connectivity index (χ0n) is 14.5. The van der Waals surface area contributed by atoms with Gasteiger partial charge < -0.3 is 9.84 Å². The van der Waals surface area contributed by atoms with Crippen molar-refractivity contribution in [2.45, 2.75) is 84.3 Å². The third-order valence-electron chi connectivity index (χ3n) is 9.33. The Balaban J connectivity index is 1.57. The van der Waals surface area contributed by atoms with Crippen LogP contribution in [0.2, 0.25) is 0 Å². The summed E-state index contributed by atoms with van der Waals surface area (Å²) in [5.74, 6) is 1.56. The third-order valence-corrected chi connectivity index (χ3v) is 9.33. The summed E-state index contributed by atoms with van der Waals surface area (Å²) in [4.78, 5) is 0. The second kappa shape index (κ2) is 3.94. The van der Waals surface area contributed by atoms with Crippen molar-refractivity contribution in [3.05, 3.63) is 0 Å². The highest BCUT2D eigenvalue weighted by Gasteiger charge is 2.77. The Morgan fingerprint density at radius 3 is 2.50 bits per heavy atom. The Morgan fingerprint density at radius 1 is 0.955 bits per heavy atom. The minimum Gasteiger partial charge on any atom is -0.396 e. The van der Waals surface area contributed by atoms with E-state index in [1.807, 2.05) is 0 Å². The molecule has 0 aromatic heterocycles. The van der Waals surface area contributed by atoms with Crippen LogP contribution in [0.1, 0.15) is 72.1 Å². The molecule has 1 N–H and O–H groups in total. The van der Waals surface area contributed by atoms with Crippen molar-refractivity contribution in [3.63, 3.8) is 0 Å². The lowest BCUT2D eigenvalue weighted by atomic mass is 9.40. The van der Waals surface area contributed by atoms with Crippen LogP contribution in [-0.4, -0.2) is 23.9 Å². The average Bonchev–Trinajstić information content (AvgIpc) is 3.25. The van der Waals surface area contributed by atoms with E-state index >= 15 is 0 Å². The molecule has 2 heteroatoms. The maximum atomic E-state index is 10.1. The van der Waals surface area contributed by atoms with Crippen LogP contribution in [0, 0.1) is 33.5 Å². The molecule has 1 saturated heterocycles. The van der Waals surface area contributed by atoms with Crippen molar-refractivity contribution in [3.8, 4) is 0 Å². The highest BCUT2D eigenvalue weighted by atomic mass is 16.6. The van der Waals surface area contributed by atoms with Gasteiger partial charge in [0.2, 0.25) is 0 Å². The molecule has 2 nitrogen and oxygen atoms in total. The van der Waals surface area contributed by atoms with Crippen molar-refractivity contribution in [1.82, 2.24) is 0 Å². The summed E-state index contributed by atoms with van der Waals surface area (Å²) < 4.78 is 6.24. The molecule has 2 bridgehead atoms. The van der Waals surface area contributed by atoms with Crippen LogP contribution in [0.25, 0.3) is 0 Å². The quantitative estimate of drug-likeness (QED) is 0.738. The van der Waals surface area contributed by atoms with E-state index in [1.54, 1.807) is 0 Å². The van der Waals surface area contributed by atoms with E-state index < -0.39 is 0 Å². The van der Waals surface area contributed by atoms with Crippen LogP contribution in [0.3, 0.4) is 0 Å². The molecule has 0 radical (unpaired) electrons. The maximum Gasteiger partial charge on any atom is 0.0906 e. The van der Waals surface area contributed by atoms with Gasteiger partial charge in [0.15, 0.2) is 0 Å². The SMILES string of the molecule is C[C@]1(CO)CCC[C@]2(C)[C@@H]1CC[C@]13C[C@](C)(CC[C@@H]21)[C@H]1O[C@H]13. The summed E-state index contributed by atoms with van der Waals surface area (Å²) in [6.07, 6.45) is 12.0. The standard InChI is InChI=1S/C20H32O2/c1-17-9-5-14-19(3)8-4-7-18(2,12-21)13(19)6-10-20(14,11-17)16-15(17)22-16/h13-16,21H,4-12H2,1-3H3/t13-,14+,15+,16-,17+,18-,19-,20+/m1/s1. The number of fused-ring (bicyclic) bond motifs is 5. The van der Waals surface area contributed by atoms with E-state index in [0.29, 0.717) is 35.1 Å². The molecule has 5 rings (SSSR count). The van der Waals surface area contributed by atoms with Crippen molar-refractivity contribution in [2.24, 2.45) is 33.5 Å². The van der Waals surface area contributed by atoms with Gasteiger partial charge in [-0.05, 0) is 73.0 Å². The predicted molar refractivity (Wildman–Crippen MR) is 86.4 cm³/mol. The molecule has 22 heavy (non-hydrogen) atoms. The van der Waals surface area contributed by atoms with Crippen LogP contribution in [0.5, 0.6) is 0 Å². The molecule has 0 amide bonds. The topological polar surface area (TPSA) is 32.8 Å². The molecule has 4 aliphatic carbocycles. The van der Waals surface area contributed by atoms with Gasteiger partial charge in [-0.15, -0.1) is 0 Å². The lowest BCUT2D eigenvalue weighted by Gasteiger charge is -2.65. The molecule has 0 unspecified atom stereocenters. The van der Waals surface area contributed by atoms with E-state index in [9.17, 15) is 5.11 Å². The van der Waals surface area contributed by atoms with Gasteiger partial charge in [-0.2, -0.15) is 0 Å². The summed E-state index contributed by atoms with van der Waals surface area (Å²) in [5, 5.41) is 10.1. The zero-order chi connectivity index (χ0) is 15.4. The highest BCUT2D eigenvalue weighted by Crippen LogP contribution is 2.77.